The lowest BCUT2D eigenvalue weighted by molar-refractivity contribution is 0.0351. The maximum Gasteiger partial charge on any atom is 0.0353 e. The Morgan fingerprint density at radius 1 is 1.29 bits per heavy atom. The van der Waals surface area contributed by atoms with Crippen molar-refractivity contribution in [2.75, 3.05) is 33.2 Å². The molecule has 118 valence electrons. The van der Waals surface area contributed by atoms with E-state index in [0.717, 1.165) is 32.6 Å². The number of aromatic nitrogens is 1. The molecule has 1 aliphatic heterocycles. The minimum atomic E-state index is 0.179. The fraction of sp³-hybridized carbons (Fsp3) is 0.706. The van der Waals surface area contributed by atoms with Crippen molar-refractivity contribution >= 4 is 0 Å². The Labute approximate surface area is 129 Å². The Balaban J connectivity index is 1.91. The maximum absolute atomic E-state index is 6.16. The van der Waals surface area contributed by atoms with Gasteiger partial charge in [0.15, 0.2) is 0 Å². The van der Waals surface area contributed by atoms with Gasteiger partial charge in [0.1, 0.15) is 0 Å². The second-order valence-corrected chi connectivity index (χ2v) is 6.59. The van der Waals surface area contributed by atoms with Crippen LogP contribution in [0.5, 0.6) is 0 Å². The van der Waals surface area contributed by atoms with Crippen LogP contribution in [0.25, 0.3) is 0 Å². The van der Waals surface area contributed by atoms with Gasteiger partial charge < -0.3 is 10.6 Å². The zero-order valence-electron chi connectivity index (χ0n) is 13.8. The van der Waals surface area contributed by atoms with Gasteiger partial charge in [0.25, 0.3) is 0 Å². The highest BCUT2D eigenvalue weighted by molar-refractivity contribution is 5.10. The third-order valence-electron chi connectivity index (χ3n) is 5.13. The highest BCUT2D eigenvalue weighted by atomic mass is 15.2. The van der Waals surface area contributed by atoms with Gasteiger partial charge in [-0.25, -0.2) is 0 Å². The second kappa shape index (κ2) is 7.34. The van der Waals surface area contributed by atoms with Crippen molar-refractivity contribution in [2.24, 2.45) is 5.73 Å². The first kappa shape index (κ1) is 16.4. The number of piperidine rings is 1. The van der Waals surface area contributed by atoms with E-state index in [1.165, 1.54) is 18.4 Å². The molecule has 1 fully saturated rings. The van der Waals surface area contributed by atoms with E-state index in [1.54, 1.807) is 0 Å². The summed E-state index contributed by atoms with van der Waals surface area (Å²) in [5.41, 5.74) is 7.69. The quantitative estimate of drug-likeness (QED) is 0.867. The van der Waals surface area contributed by atoms with Gasteiger partial charge in [-0.1, -0.05) is 0 Å². The van der Waals surface area contributed by atoms with Crippen LogP contribution in [0.4, 0.5) is 0 Å². The first-order valence-electron chi connectivity index (χ1n) is 8.12. The Kier molecular flexibility index (Phi) is 5.73. The van der Waals surface area contributed by atoms with Crippen molar-refractivity contribution < 1.29 is 0 Å². The van der Waals surface area contributed by atoms with Crippen LogP contribution in [0.1, 0.15) is 32.3 Å². The van der Waals surface area contributed by atoms with E-state index in [4.69, 9.17) is 5.73 Å². The molecular formula is C17H30N4. The molecule has 0 amide bonds. The van der Waals surface area contributed by atoms with E-state index >= 15 is 0 Å². The molecule has 0 bridgehead atoms. The van der Waals surface area contributed by atoms with E-state index in [2.05, 4.69) is 47.8 Å². The summed E-state index contributed by atoms with van der Waals surface area (Å²) < 4.78 is 0. The Morgan fingerprint density at radius 3 is 2.43 bits per heavy atom. The average molecular weight is 290 g/mol. The number of nitrogens with zero attached hydrogens (tertiary/aromatic N) is 3. The average Bonchev–Trinajstić information content (AvgIpc) is 2.53. The number of hydrogen-bond donors (Lipinski definition) is 1. The van der Waals surface area contributed by atoms with Crippen LogP contribution in [0.3, 0.4) is 0 Å². The Bertz CT molecular complexity index is 410. The summed E-state index contributed by atoms with van der Waals surface area (Å²) in [6.45, 7) is 8.70. The molecule has 1 aromatic heterocycles. The molecule has 0 aliphatic carbocycles. The topological polar surface area (TPSA) is 45.4 Å². The third-order valence-corrected chi connectivity index (χ3v) is 5.13. The number of hydrogen-bond acceptors (Lipinski definition) is 4. The summed E-state index contributed by atoms with van der Waals surface area (Å²) in [7, 11) is 2.24. The van der Waals surface area contributed by atoms with Crippen LogP contribution in [0.2, 0.25) is 0 Å². The van der Waals surface area contributed by atoms with Gasteiger partial charge in [-0.3, -0.25) is 9.88 Å². The summed E-state index contributed by atoms with van der Waals surface area (Å²) in [4.78, 5) is 9.13. The number of likely N-dealkylation sites (N-methyl/N-ethyl adjacent to an activating group) is 1. The fourth-order valence-electron chi connectivity index (χ4n) is 3.28. The van der Waals surface area contributed by atoms with E-state index in [0.29, 0.717) is 6.04 Å². The molecule has 2 rings (SSSR count). The molecule has 1 aliphatic rings. The molecule has 0 unspecified atom stereocenters. The van der Waals surface area contributed by atoms with Gasteiger partial charge in [0.05, 0.1) is 0 Å². The zero-order valence-corrected chi connectivity index (χ0v) is 13.8. The molecule has 1 aromatic rings. The van der Waals surface area contributed by atoms with Gasteiger partial charge in [-0.2, -0.15) is 0 Å². The van der Waals surface area contributed by atoms with Gasteiger partial charge in [0, 0.05) is 50.2 Å². The van der Waals surface area contributed by atoms with Crippen LogP contribution >= 0.6 is 0 Å². The standard InChI is InChI=1S/C17H30N4/c1-15(2)21-12-7-17(14-18,8-13-21)20(3)11-6-16-4-9-19-10-5-16/h4-5,9-10,15H,6-8,11-14,18H2,1-3H3. The van der Waals surface area contributed by atoms with Crippen molar-refractivity contribution in [3.05, 3.63) is 30.1 Å². The molecule has 21 heavy (non-hydrogen) atoms. The molecule has 0 spiro atoms. The molecule has 1 saturated heterocycles. The lowest BCUT2D eigenvalue weighted by atomic mass is 9.85. The van der Waals surface area contributed by atoms with Crippen molar-refractivity contribution in [1.82, 2.24) is 14.8 Å². The van der Waals surface area contributed by atoms with Crippen molar-refractivity contribution in [2.45, 2.75) is 44.7 Å². The molecule has 2 heterocycles. The van der Waals surface area contributed by atoms with Crippen LogP contribution < -0.4 is 5.73 Å². The fourth-order valence-corrected chi connectivity index (χ4v) is 3.28. The zero-order chi connectivity index (χ0) is 15.3. The highest BCUT2D eigenvalue weighted by Crippen LogP contribution is 2.28. The Morgan fingerprint density at radius 2 is 1.90 bits per heavy atom. The summed E-state index contributed by atoms with van der Waals surface area (Å²) in [5, 5.41) is 0. The predicted octanol–water partition coefficient (Wildman–Crippen LogP) is 1.76. The lowest BCUT2D eigenvalue weighted by Gasteiger charge is -2.48. The van der Waals surface area contributed by atoms with Crippen LogP contribution in [0, 0.1) is 0 Å². The summed E-state index contributed by atoms with van der Waals surface area (Å²) in [5.74, 6) is 0. The second-order valence-electron chi connectivity index (χ2n) is 6.59. The number of nitrogens with two attached hydrogens (primary N) is 1. The summed E-state index contributed by atoms with van der Waals surface area (Å²) in [6, 6.07) is 4.84. The minimum absolute atomic E-state index is 0.179. The monoisotopic (exact) mass is 290 g/mol. The number of likely N-dealkylation sites (tertiary alicyclic amines) is 1. The van der Waals surface area contributed by atoms with Gasteiger partial charge in [0.2, 0.25) is 0 Å². The number of pyridine rings is 1. The first-order chi connectivity index (χ1) is 10.1. The summed E-state index contributed by atoms with van der Waals surface area (Å²) >= 11 is 0. The third kappa shape index (κ3) is 4.02. The molecule has 0 saturated carbocycles. The SMILES string of the molecule is CC(C)N1CCC(CN)(N(C)CCc2ccncc2)CC1. The summed E-state index contributed by atoms with van der Waals surface area (Å²) in [6.07, 6.45) is 7.15. The van der Waals surface area contributed by atoms with E-state index in [9.17, 15) is 0 Å². The van der Waals surface area contributed by atoms with E-state index < -0.39 is 0 Å². The molecule has 2 N–H and O–H groups in total. The molecule has 4 heteroatoms. The van der Waals surface area contributed by atoms with Crippen LogP contribution in [0.15, 0.2) is 24.5 Å². The van der Waals surface area contributed by atoms with Gasteiger partial charge in [-0.15, -0.1) is 0 Å². The van der Waals surface area contributed by atoms with E-state index in [-0.39, 0.29) is 5.54 Å². The first-order valence-corrected chi connectivity index (χ1v) is 8.12. The molecular weight excluding hydrogens is 260 g/mol. The normalized spacial score (nSPS) is 19.3. The molecule has 0 aromatic carbocycles. The van der Waals surface area contributed by atoms with Crippen LogP contribution in [-0.4, -0.2) is 59.6 Å². The highest BCUT2D eigenvalue weighted by Gasteiger charge is 2.37. The van der Waals surface area contributed by atoms with Gasteiger partial charge in [-0.05, 0) is 57.9 Å². The van der Waals surface area contributed by atoms with Crippen molar-refractivity contribution in [3.8, 4) is 0 Å². The smallest absolute Gasteiger partial charge is 0.0353 e. The van der Waals surface area contributed by atoms with Crippen molar-refractivity contribution in [3.63, 3.8) is 0 Å². The predicted molar refractivity (Wildman–Crippen MR) is 88.3 cm³/mol. The van der Waals surface area contributed by atoms with Gasteiger partial charge >= 0.3 is 0 Å². The lowest BCUT2D eigenvalue weighted by Crippen LogP contribution is -2.59. The largest absolute Gasteiger partial charge is 0.329 e. The molecule has 0 atom stereocenters. The number of rotatable bonds is 6. The van der Waals surface area contributed by atoms with Crippen molar-refractivity contribution in [1.29, 1.82) is 0 Å². The Hall–Kier alpha value is -0.970. The minimum Gasteiger partial charge on any atom is -0.329 e. The van der Waals surface area contributed by atoms with E-state index in [1.807, 2.05) is 12.4 Å². The molecule has 4 nitrogen and oxygen atoms in total. The van der Waals surface area contributed by atoms with Crippen LogP contribution in [-0.2, 0) is 6.42 Å². The molecule has 0 radical (unpaired) electrons. The maximum atomic E-state index is 6.16.